The molecule has 0 spiro atoms. The summed E-state index contributed by atoms with van der Waals surface area (Å²) in [5, 5.41) is 18.8. The van der Waals surface area contributed by atoms with Crippen LogP contribution in [0, 0.1) is 0 Å². The smallest absolute Gasteiger partial charge is 0.254 e. The van der Waals surface area contributed by atoms with E-state index < -0.39 is 22.0 Å². The van der Waals surface area contributed by atoms with Crippen molar-refractivity contribution in [3.05, 3.63) is 29.8 Å². The fourth-order valence-electron chi connectivity index (χ4n) is 2.64. The van der Waals surface area contributed by atoms with E-state index in [4.69, 9.17) is 0 Å². The summed E-state index contributed by atoms with van der Waals surface area (Å²) in [5.74, 6) is -0.822. The molecule has 0 unspecified atom stereocenters. The Kier molecular flexibility index (Phi) is 5.58. The minimum absolute atomic E-state index is 0.0955. The van der Waals surface area contributed by atoms with Gasteiger partial charge < -0.3 is 24.6 Å². The number of benzene rings is 1. The van der Waals surface area contributed by atoms with Gasteiger partial charge in [0.25, 0.3) is 5.91 Å². The number of aliphatic hydroxyl groups excluding tert-OH is 1. The molecule has 128 valence electrons. The lowest BCUT2D eigenvalue weighted by atomic mass is 10.1. The van der Waals surface area contributed by atoms with Gasteiger partial charge >= 0.3 is 0 Å². The Hall–Kier alpha value is -1.68. The van der Waals surface area contributed by atoms with Gasteiger partial charge in [0, 0.05) is 5.56 Å². The summed E-state index contributed by atoms with van der Waals surface area (Å²) >= 11 is 0. The van der Waals surface area contributed by atoms with Gasteiger partial charge in [0.1, 0.15) is 18.4 Å². The molecule has 1 amide bonds. The van der Waals surface area contributed by atoms with Gasteiger partial charge in [-0.05, 0) is 24.3 Å². The summed E-state index contributed by atoms with van der Waals surface area (Å²) in [6, 6.07) is 6.02. The van der Waals surface area contributed by atoms with Gasteiger partial charge in [0.05, 0.1) is 42.1 Å². The third-order valence-electron chi connectivity index (χ3n) is 3.79. The minimum Gasteiger partial charge on any atom is -0.748 e. The number of carbonyl (C=O) groups is 1. The van der Waals surface area contributed by atoms with E-state index in [9.17, 15) is 28.0 Å². The number of carbonyl (C=O) groups excluding carboxylic acids is 1. The van der Waals surface area contributed by atoms with Crippen molar-refractivity contribution in [2.45, 2.75) is 6.10 Å². The van der Waals surface area contributed by atoms with E-state index in [1.807, 2.05) is 0 Å². The molecule has 2 rings (SSSR count). The van der Waals surface area contributed by atoms with E-state index in [2.05, 4.69) is 0 Å². The lowest BCUT2D eigenvalue weighted by molar-refractivity contribution is -0.906. The van der Waals surface area contributed by atoms with Crippen LogP contribution in [0.1, 0.15) is 10.4 Å². The molecule has 0 saturated carbocycles. The van der Waals surface area contributed by atoms with Crippen molar-refractivity contribution in [1.29, 1.82) is 0 Å². The van der Waals surface area contributed by atoms with Crippen LogP contribution in [0.3, 0.4) is 0 Å². The lowest BCUT2D eigenvalue weighted by Crippen LogP contribution is -3.16. The van der Waals surface area contributed by atoms with Crippen LogP contribution in [0.5, 0.6) is 5.75 Å². The van der Waals surface area contributed by atoms with E-state index >= 15 is 0 Å². The predicted octanol–water partition coefficient (Wildman–Crippen LogP) is -2.36. The number of rotatable bonds is 5. The average Bonchev–Trinajstić information content (AvgIpc) is 2.46. The van der Waals surface area contributed by atoms with Gasteiger partial charge in [0.15, 0.2) is 0 Å². The number of nitrogens with one attached hydrogen (secondary N) is 1. The molecule has 0 aliphatic carbocycles. The largest absolute Gasteiger partial charge is 0.748 e. The molecule has 1 aromatic rings. The van der Waals surface area contributed by atoms with Crippen LogP contribution in [0.15, 0.2) is 24.3 Å². The van der Waals surface area contributed by atoms with Gasteiger partial charge in [0.2, 0.25) is 0 Å². The summed E-state index contributed by atoms with van der Waals surface area (Å²) in [7, 11) is -4.44. The zero-order valence-corrected chi connectivity index (χ0v) is 13.3. The van der Waals surface area contributed by atoms with E-state index in [1.165, 1.54) is 12.1 Å². The molecule has 0 bridgehead atoms. The van der Waals surface area contributed by atoms with E-state index in [0.717, 1.165) is 4.90 Å². The van der Waals surface area contributed by atoms with Crippen molar-refractivity contribution in [1.82, 2.24) is 4.90 Å². The van der Waals surface area contributed by atoms with Crippen molar-refractivity contribution in [2.75, 3.05) is 38.5 Å². The maximum absolute atomic E-state index is 12.3. The van der Waals surface area contributed by atoms with Crippen molar-refractivity contribution < 1.29 is 32.9 Å². The number of aromatic hydroxyl groups is 1. The fourth-order valence-corrected chi connectivity index (χ4v) is 3.23. The maximum Gasteiger partial charge on any atom is 0.254 e. The van der Waals surface area contributed by atoms with Crippen LogP contribution >= 0.6 is 0 Å². The molecule has 3 N–H and O–H groups in total. The standard InChI is InChI=1S/C14H20N2O6S/c17-12-3-1-11(2-4-12)14(19)16-7-5-15(6-8-16)9-13(18)10-23(20,21)22/h1-4,13,17-18H,5-10H2,(H,20,21,22)/t13-/m0/s1. The highest BCUT2D eigenvalue weighted by atomic mass is 32.2. The van der Waals surface area contributed by atoms with E-state index in [-0.39, 0.29) is 18.2 Å². The van der Waals surface area contributed by atoms with Crippen LogP contribution < -0.4 is 4.90 Å². The topological polar surface area (TPSA) is 122 Å². The Labute approximate surface area is 134 Å². The molecule has 1 atom stereocenters. The summed E-state index contributed by atoms with van der Waals surface area (Å²) < 4.78 is 31.8. The highest BCUT2D eigenvalue weighted by molar-refractivity contribution is 7.85. The number of quaternary nitrogens is 1. The summed E-state index contributed by atoms with van der Waals surface area (Å²) in [4.78, 5) is 14.9. The molecule has 0 radical (unpaired) electrons. The van der Waals surface area contributed by atoms with Gasteiger partial charge in [-0.1, -0.05) is 0 Å². The van der Waals surface area contributed by atoms with Crippen molar-refractivity contribution in [2.24, 2.45) is 0 Å². The SMILES string of the molecule is O=C(c1ccc(O)cc1)N1CC[NH+](C[C@H](O)CS(=O)(=O)[O-])CC1. The van der Waals surface area contributed by atoms with Gasteiger partial charge in [-0.15, -0.1) is 0 Å². The van der Waals surface area contributed by atoms with Gasteiger partial charge in [-0.25, -0.2) is 8.42 Å². The molecular formula is C14H20N2O6S. The number of piperazine rings is 1. The second-order valence-electron chi connectivity index (χ2n) is 5.67. The lowest BCUT2D eigenvalue weighted by Gasteiger charge is -2.33. The first-order chi connectivity index (χ1) is 10.7. The Bertz CT molecular complexity index is 638. The van der Waals surface area contributed by atoms with Crippen molar-refractivity contribution >= 4 is 16.0 Å². The molecule has 9 heteroatoms. The molecule has 0 aromatic heterocycles. The zero-order valence-electron chi connectivity index (χ0n) is 12.5. The van der Waals surface area contributed by atoms with Crippen LogP contribution in [0.25, 0.3) is 0 Å². The third-order valence-corrected chi connectivity index (χ3v) is 4.59. The maximum atomic E-state index is 12.3. The third kappa shape index (κ3) is 5.47. The van der Waals surface area contributed by atoms with Gasteiger partial charge in [-0.2, -0.15) is 0 Å². The fraction of sp³-hybridized carbons (Fsp3) is 0.500. The first-order valence-corrected chi connectivity index (χ1v) is 8.86. The number of hydrogen-bond acceptors (Lipinski definition) is 6. The number of nitrogens with zero attached hydrogens (tertiary/aromatic N) is 1. The summed E-state index contributed by atoms with van der Waals surface area (Å²) in [6.07, 6.45) is -1.19. The second kappa shape index (κ2) is 7.26. The molecule has 1 saturated heterocycles. The molecular weight excluding hydrogens is 324 g/mol. The summed E-state index contributed by atoms with van der Waals surface area (Å²) in [6.45, 7) is 2.26. The number of phenols is 1. The van der Waals surface area contributed by atoms with E-state index in [0.29, 0.717) is 31.7 Å². The Morgan fingerprint density at radius 1 is 1.26 bits per heavy atom. The molecule has 1 aliphatic rings. The first-order valence-electron chi connectivity index (χ1n) is 7.28. The molecule has 8 nitrogen and oxygen atoms in total. The number of hydrogen-bond donors (Lipinski definition) is 3. The minimum atomic E-state index is -4.44. The molecule has 1 fully saturated rings. The quantitative estimate of drug-likeness (QED) is 0.514. The number of phenolic OH excluding ortho intramolecular Hbond substituents is 1. The molecule has 1 heterocycles. The molecule has 1 aliphatic heterocycles. The zero-order chi connectivity index (χ0) is 17.0. The predicted molar refractivity (Wildman–Crippen MR) is 80.1 cm³/mol. The number of aliphatic hydroxyl groups is 1. The average molecular weight is 344 g/mol. The Morgan fingerprint density at radius 2 is 1.83 bits per heavy atom. The number of amides is 1. The highest BCUT2D eigenvalue weighted by Gasteiger charge is 2.26. The molecule has 23 heavy (non-hydrogen) atoms. The highest BCUT2D eigenvalue weighted by Crippen LogP contribution is 2.11. The van der Waals surface area contributed by atoms with Crippen LogP contribution in [0.4, 0.5) is 0 Å². The van der Waals surface area contributed by atoms with Crippen LogP contribution in [-0.4, -0.2) is 78.6 Å². The Morgan fingerprint density at radius 3 is 2.35 bits per heavy atom. The Balaban J connectivity index is 1.84. The van der Waals surface area contributed by atoms with E-state index in [1.54, 1.807) is 17.0 Å². The van der Waals surface area contributed by atoms with Crippen molar-refractivity contribution in [3.8, 4) is 5.75 Å². The second-order valence-corrected chi connectivity index (χ2v) is 7.12. The van der Waals surface area contributed by atoms with Crippen molar-refractivity contribution in [3.63, 3.8) is 0 Å². The first kappa shape index (κ1) is 17.7. The molecule has 1 aromatic carbocycles. The van der Waals surface area contributed by atoms with Crippen LogP contribution in [-0.2, 0) is 10.1 Å². The normalized spacial score (nSPS) is 17.9. The van der Waals surface area contributed by atoms with Gasteiger partial charge in [-0.3, -0.25) is 4.79 Å². The monoisotopic (exact) mass is 344 g/mol. The summed E-state index contributed by atoms with van der Waals surface area (Å²) in [5.41, 5.74) is 0.490. The van der Waals surface area contributed by atoms with Crippen LogP contribution in [0.2, 0.25) is 0 Å².